The van der Waals surface area contributed by atoms with Gasteiger partial charge in [0, 0.05) is 19.0 Å². The van der Waals surface area contributed by atoms with E-state index in [0.29, 0.717) is 13.0 Å². The second kappa shape index (κ2) is 2.48. The van der Waals surface area contributed by atoms with Gasteiger partial charge in [0.1, 0.15) is 0 Å². The minimum atomic E-state index is -0.339. The Labute approximate surface area is 67.0 Å². The smallest absolute Gasteiger partial charge is 0.219 e. The fourth-order valence-electron chi connectivity index (χ4n) is 1.76. The van der Waals surface area contributed by atoms with Crippen molar-refractivity contribution in [1.82, 2.24) is 4.90 Å². The number of carbonyl (C=O) groups is 1. The van der Waals surface area contributed by atoms with E-state index in [-0.39, 0.29) is 17.6 Å². The molecule has 1 atom stereocenters. The number of amides is 1. The van der Waals surface area contributed by atoms with Gasteiger partial charge in [-0.15, -0.1) is 0 Å². The van der Waals surface area contributed by atoms with E-state index in [9.17, 15) is 9.90 Å². The van der Waals surface area contributed by atoms with Gasteiger partial charge in [-0.3, -0.25) is 4.79 Å². The second-order valence-electron chi connectivity index (χ2n) is 3.80. The summed E-state index contributed by atoms with van der Waals surface area (Å²) in [6, 6.07) is 0. The number of rotatable bonds is 0. The Morgan fingerprint density at radius 3 is 2.36 bits per heavy atom. The number of hydrogen-bond donors (Lipinski definition) is 1. The van der Waals surface area contributed by atoms with Crippen LogP contribution in [-0.4, -0.2) is 34.1 Å². The van der Waals surface area contributed by atoms with Gasteiger partial charge in [0.15, 0.2) is 0 Å². The molecule has 0 aromatic rings. The Balaban J connectivity index is 2.74. The fourth-order valence-corrected chi connectivity index (χ4v) is 1.76. The van der Waals surface area contributed by atoms with Gasteiger partial charge in [0.25, 0.3) is 0 Å². The molecule has 0 aliphatic carbocycles. The summed E-state index contributed by atoms with van der Waals surface area (Å²) in [7, 11) is 0. The molecule has 1 N–H and O–H groups in total. The molecule has 1 heterocycles. The summed E-state index contributed by atoms with van der Waals surface area (Å²) in [6.07, 6.45) is 0.348. The second-order valence-corrected chi connectivity index (χ2v) is 3.80. The monoisotopic (exact) mass is 157 g/mol. The van der Waals surface area contributed by atoms with E-state index in [0.717, 1.165) is 0 Å². The van der Waals surface area contributed by atoms with Gasteiger partial charge in [0.05, 0.1) is 6.10 Å². The van der Waals surface area contributed by atoms with E-state index >= 15 is 0 Å². The van der Waals surface area contributed by atoms with E-state index < -0.39 is 0 Å². The highest BCUT2D eigenvalue weighted by Crippen LogP contribution is 2.28. The van der Waals surface area contributed by atoms with Crippen LogP contribution in [0.4, 0.5) is 0 Å². The lowest BCUT2D eigenvalue weighted by Gasteiger charge is -2.29. The van der Waals surface area contributed by atoms with Gasteiger partial charge < -0.3 is 10.0 Å². The third-order valence-corrected chi connectivity index (χ3v) is 2.24. The first-order valence-corrected chi connectivity index (χ1v) is 3.90. The van der Waals surface area contributed by atoms with Gasteiger partial charge in [-0.2, -0.15) is 0 Å². The molecule has 1 aliphatic heterocycles. The van der Waals surface area contributed by atoms with Crippen LogP contribution >= 0.6 is 0 Å². The summed E-state index contributed by atoms with van der Waals surface area (Å²) in [5.74, 6) is 0.0477. The highest BCUT2D eigenvalue weighted by Gasteiger charge is 2.38. The number of hydrogen-bond acceptors (Lipinski definition) is 2. The summed E-state index contributed by atoms with van der Waals surface area (Å²) >= 11 is 0. The molecule has 0 bridgehead atoms. The first-order valence-electron chi connectivity index (χ1n) is 3.90. The van der Waals surface area contributed by atoms with Crippen LogP contribution in [0.2, 0.25) is 0 Å². The molecule has 1 amide bonds. The minimum Gasteiger partial charge on any atom is -0.391 e. The first kappa shape index (κ1) is 8.53. The zero-order chi connectivity index (χ0) is 8.65. The average molecular weight is 157 g/mol. The standard InChI is InChI=1S/C8H15NO2/c1-6(10)9-5-7(11)4-8(9,2)3/h7,11H,4-5H2,1-3H3. The van der Waals surface area contributed by atoms with Gasteiger partial charge in [-0.05, 0) is 20.3 Å². The molecule has 1 saturated heterocycles. The summed E-state index contributed by atoms with van der Waals surface area (Å²) < 4.78 is 0. The minimum absolute atomic E-state index is 0.0477. The van der Waals surface area contributed by atoms with Crippen molar-refractivity contribution in [3.63, 3.8) is 0 Å². The molecule has 3 nitrogen and oxygen atoms in total. The van der Waals surface area contributed by atoms with Crippen molar-refractivity contribution in [1.29, 1.82) is 0 Å². The third kappa shape index (κ3) is 1.53. The Hall–Kier alpha value is -0.570. The molecule has 1 fully saturated rings. The van der Waals surface area contributed by atoms with E-state index in [4.69, 9.17) is 0 Å². The summed E-state index contributed by atoms with van der Waals surface area (Å²) in [5.41, 5.74) is -0.161. The van der Waals surface area contributed by atoms with Crippen LogP contribution in [0.25, 0.3) is 0 Å². The normalized spacial score (nSPS) is 29.1. The molecule has 1 unspecified atom stereocenters. The molecule has 0 radical (unpaired) electrons. The highest BCUT2D eigenvalue weighted by atomic mass is 16.3. The van der Waals surface area contributed by atoms with E-state index in [2.05, 4.69) is 0 Å². The molecule has 0 aromatic heterocycles. The van der Waals surface area contributed by atoms with Crippen molar-refractivity contribution in [2.24, 2.45) is 0 Å². The van der Waals surface area contributed by atoms with Crippen molar-refractivity contribution in [3.8, 4) is 0 Å². The number of aliphatic hydroxyl groups excluding tert-OH is 1. The number of carbonyl (C=O) groups excluding carboxylic acids is 1. The van der Waals surface area contributed by atoms with Crippen LogP contribution in [-0.2, 0) is 4.79 Å². The maximum atomic E-state index is 11.0. The van der Waals surface area contributed by atoms with E-state index in [1.807, 2.05) is 13.8 Å². The topological polar surface area (TPSA) is 40.5 Å². The largest absolute Gasteiger partial charge is 0.391 e. The molecule has 11 heavy (non-hydrogen) atoms. The van der Waals surface area contributed by atoms with Crippen LogP contribution in [0.3, 0.4) is 0 Å². The zero-order valence-corrected chi connectivity index (χ0v) is 7.29. The maximum absolute atomic E-state index is 11.0. The lowest BCUT2D eigenvalue weighted by atomic mass is 10.0. The molecular formula is C8H15NO2. The Kier molecular flexibility index (Phi) is 1.92. The van der Waals surface area contributed by atoms with Crippen molar-refractivity contribution < 1.29 is 9.90 Å². The van der Waals surface area contributed by atoms with Crippen molar-refractivity contribution in [3.05, 3.63) is 0 Å². The molecule has 0 spiro atoms. The van der Waals surface area contributed by atoms with Crippen molar-refractivity contribution in [2.45, 2.75) is 38.8 Å². The molecule has 3 heteroatoms. The lowest BCUT2D eigenvalue weighted by molar-refractivity contribution is -0.132. The Bertz CT molecular complexity index is 177. The molecule has 64 valence electrons. The maximum Gasteiger partial charge on any atom is 0.219 e. The number of nitrogens with zero attached hydrogens (tertiary/aromatic N) is 1. The third-order valence-electron chi connectivity index (χ3n) is 2.24. The van der Waals surface area contributed by atoms with Gasteiger partial charge >= 0.3 is 0 Å². The summed E-state index contributed by atoms with van der Waals surface area (Å²) in [5, 5.41) is 9.29. The lowest BCUT2D eigenvalue weighted by Crippen LogP contribution is -2.41. The van der Waals surface area contributed by atoms with Gasteiger partial charge in [0.2, 0.25) is 5.91 Å². The number of likely N-dealkylation sites (tertiary alicyclic amines) is 1. The van der Waals surface area contributed by atoms with Gasteiger partial charge in [-0.25, -0.2) is 0 Å². The van der Waals surface area contributed by atoms with Crippen LogP contribution in [0.15, 0.2) is 0 Å². The number of β-amino-alcohol motifs (C(OH)–C–C–N with tert-alkyl or cyclic N) is 1. The fraction of sp³-hybridized carbons (Fsp3) is 0.875. The predicted octanol–water partition coefficient (Wildman–Crippen LogP) is 0.378. The van der Waals surface area contributed by atoms with Crippen LogP contribution in [0.1, 0.15) is 27.2 Å². The number of aliphatic hydroxyl groups is 1. The average Bonchev–Trinajstić information content (AvgIpc) is 2.04. The summed E-state index contributed by atoms with van der Waals surface area (Å²) in [4.78, 5) is 12.7. The van der Waals surface area contributed by atoms with Crippen LogP contribution in [0, 0.1) is 0 Å². The Morgan fingerprint density at radius 1 is 1.64 bits per heavy atom. The first-order chi connectivity index (χ1) is 4.93. The van der Waals surface area contributed by atoms with E-state index in [1.54, 1.807) is 11.8 Å². The zero-order valence-electron chi connectivity index (χ0n) is 7.29. The van der Waals surface area contributed by atoms with Crippen LogP contribution in [0.5, 0.6) is 0 Å². The van der Waals surface area contributed by atoms with Crippen molar-refractivity contribution >= 4 is 5.91 Å². The van der Waals surface area contributed by atoms with Crippen LogP contribution < -0.4 is 0 Å². The summed E-state index contributed by atoms with van der Waals surface area (Å²) in [6.45, 7) is 5.98. The quantitative estimate of drug-likeness (QED) is 0.552. The van der Waals surface area contributed by atoms with Gasteiger partial charge in [-0.1, -0.05) is 0 Å². The molecule has 1 rings (SSSR count). The predicted molar refractivity (Wildman–Crippen MR) is 42.1 cm³/mol. The highest BCUT2D eigenvalue weighted by molar-refractivity contribution is 5.74. The molecule has 0 aromatic carbocycles. The van der Waals surface area contributed by atoms with Crippen molar-refractivity contribution in [2.75, 3.05) is 6.54 Å². The van der Waals surface area contributed by atoms with E-state index in [1.165, 1.54) is 0 Å². The molecule has 1 aliphatic rings. The molecule has 0 saturated carbocycles. The molecular weight excluding hydrogens is 142 g/mol. The Morgan fingerprint density at radius 2 is 2.18 bits per heavy atom. The SMILES string of the molecule is CC(=O)N1CC(O)CC1(C)C.